The van der Waals surface area contributed by atoms with Crippen molar-refractivity contribution in [2.75, 3.05) is 25.6 Å². The summed E-state index contributed by atoms with van der Waals surface area (Å²) < 4.78 is 5.26. The molecular weight excluding hydrogens is 245 g/mol. The van der Waals surface area contributed by atoms with Crippen LogP contribution in [0.5, 0.6) is 0 Å². The minimum atomic E-state index is 0.565. The van der Waals surface area contributed by atoms with Crippen molar-refractivity contribution >= 4 is 23.2 Å². The van der Waals surface area contributed by atoms with E-state index in [1.54, 1.807) is 0 Å². The Morgan fingerprint density at radius 3 is 2.88 bits per heavy atom. The Morgan fingerprint density at radius 1 is 1.25 bits per heavy atom. The van der Waals surface area contributed by atoms with Crippen LogP contribution in [0.2, 0.25) is 5.02 Å². The van der Waals surface area contributed by atoms with Crippen molar-refractivity contribution < 1.29 is 4.74 Å². The summed E-state index contributed by atoms with van der Waals surface area (Å²) >= 11 is 11.4. The molecule has 0 atom stereocenters. The lowest BCUT2D eigenvalue weighted by atomic mass is 10.2. The molecule has 1 aromatic rings. The Morgan fingerprint density at radius 2 is 2.12 bits per heavy atom. The van der Waals surface area contributed by atoms with E-state index in [1.165, 1.54) is 5.56 Å². The summed E-state index contributed by atoms with van der Waals surface area (Å²) in [6.07, 6.45) is 0.997. The minimum absolute atomic E-state index is 0.565. The fourth-order valence-electron chi connectivity index (χ4n) is 1.34. The van der Waals surface area contributed by atoms with Gasteiger partial charge in [-0.05, 0) is 30.7 Å². The molecule has 0 spiro atoms. The third-order valence-corrected chi connectivity index (χ3v) is 2.47. The van der Waals surface area contributed by atoms with Crippen molar-refractivity contribution in [3.05, 3.63) is 34.9 Å². The Balaban J connectivity index is 2.03. The Hall–Kier alpha value is -0.280. The van der Waals surface area contributed by atoms with Gasteiger partial charge >= 0.3 is 0 Å². The molecule has 0 bridgehead atoms. The van der Waals surface area contributed by atoms with E-state index in [0.29, 0.717) is 12.5 Å². The highest BCUT2D eigenvalue weighted by molar-refractivity contribution is 6.30. The molecule has 4 heteroatoms. The molecule has 0 saturated heterocycles. The Labute approximate surface area is 107 Å². The fraction of sp³-hybridized carbons (Fsp3) is 0.500. The van der Waals surface area contributed by atoms with E-state index >= 15 is 0 Å². The lowest BCUT2D eigenvalue weighted by Gasteiger charge is -2.05. The molecule has 0 aliphatic heterocycles. The second kappa shape index (κ2) is 8.82. The molecule has 16 heavy (non-hydrogen) atoms. The molecule has 90 valence electrons. The number of nitrogens with one attached hydrogen (secondary N) is 1. The van der Waals surface area contributed by atoms with Crippen LogP contribution in [-0.4, -0.2) is 25.6 Å². The predicted molar refractivity (Wildman–Crippen MR) is 69.3 cm³/mol. The van der Waals surface area contributed by atoms with Crippen LogP contribution < -0.4 is 5.32 Å². The number of hydrogen-bond acceptors (Lipinski definition) is 2. The van der Waals surface area contributed by atoms with Gasteiger partial charge in [-0.1, -0.05) is 23.7 Å². The van der Waals surface area contributed by atoms with E-state index in [1.807, 2.05) is 18.2 Å². The SMILES string of the molecule is ClCCOCCCNCc1cccc(Cl)c1. The van der Waals surface area contributed by atoms with Crippen LogP contribution in [0.3, 0.4) is 0 Å². The molecule has 1 aromatic carbocycles. The summed E-state index contributed by atoms with van der Waals surface area (Å²) in [6.45, 7) is 3.18. The third kappa shape index (κ3) is 6.33. The van der Waals surface area contributed by atoms with E-state index < -0.39 is 0 Å². The molecule has 1 N–H and O–H groups in total. The molecule has 0 amide bonds. The van der Waals surface area contributed by atoms with Gasteiger partial charge in [-0.3, -0.25) is 0 Å². The molecule has 0 aliphatic rings. The first-order chi connectivity index (χ1) is 7.83. The Bertz CT molecular complexity index is 294. The van der Waals surface area contributed by atoms with E-state index in [-0.39, 0.29) is 0 Å². The van der Waals surface area contributed by atoms with Crippen molar-refractivity contribution in [2.45, 2.75) is 13.0 Å². The molecule has 0 radical (unpaired) electrons. The minimum Gasteiger partial charge on any atom is -0.380 e. The van der Waals surface area contributed by atoms with Gasteiger partial charge in [-0.15, -0.1) is 11.6 Å². The maximum atomic E-state index is 5.88. The van der Waals surface area contributed by atoms with E-state index in [2.05, 4.69) is 11.4 Å². The molecule has 2 nitrogen and oxygen atoms in total. The molecular formula is C12H17Cl2NO. The van der Waals surface area contributed by atoms with Crippen LogP contribution >= 0.6 is 23.2 Å². The van der Waals surface area contributed by atoms with Gasteiger partial charge in [-0.2, -0.15) is 0 Å². The highest BCUT2D eigenvalue weighted by Gasteiger charge is 1.94. The number of halogens is 2. The van der Waals surface area contributed by atoms with Gasteiger partial charge in [0.2, 0.25) is 0 Å². The maximum Gasteiger partial charge on any atom is 0.0601 e. The van der Waals surface area contributed by atoms with Crippen LogP contribution in [0.25, 0.3) is 0 Å². The standard InChI is InChI=1S/C12H17Cl2NO/c13-5-8-16-7-2-6-15-10-11-3-1-4-12(14)9-11/h1,3-4,9,15H,2,5-8,10H2. The quantitative estimate of drug-likeness (QED) is 0.574. The molecule has 0 fully saturated rings. The predicted octanol–water partition coefficient (Wildman–Crippen LogP) is 3.08. The molecule has 0 aromatic heterocycles. The van der Waals surface area contributed by atoms with Crippen LogP contribution in [0.15, 0.2) is 24.3 Å². The summed E-state index contributed by atoms with van der Waals surface area (Å²) in [4.78, 5) is 0. The van der Waals surface area contributed by atoms with Gasteiger partial charge in [0.15, 0.2) is 0 Å². The number of ether oxygens (including phenoxy) is 1. The van der Waals surface area contributed by atoms with Crippen molar-refractivity contribution in [3.8, 4) is 0 Å². The highest BCUT2D eigenvalue weighted by Crippen LogP contribution is 2.10. The number of hydrogen-bond donors (Lipinski definition) is 1. The van der Waals surface area contributed by atoms with Crippen molar-refractivity contribution in [1.29, 1.82) is 0 Å². The average Bonchev–Trinajstić information content (AvgIpc) is 2.28. The summed E-state index contributed by atoms with van der Waals surface area (Å²) in [5.74, 6) is 0.565. The Kier molecular flexibility index (Phi) is 7.60. The summed E-state index contributed by atoms with van der Waals surface area (Å²) in [5, 5.41) is 4.12. The van der Waals surface area contributed by atoms with Crippen LogP contribution in [0.4, 0.5) is 0 Å². The van der Waals surface area contributed by atoms with Gasteiger partial charge < -0.3 is 10.1 Å². The zero-order chi connectivity index (χ0) is 11.6. The van der Waals surface area contributed by atoms with Crippen molar-refractivity contribution in [1.82, 2.24) is 5.32 Å². The van der Waals surface area contributed by atoms with E-state index in [4.69, 9.17) is 27.9 Å². The second-order valence-electron chi connectivity index (χ2n) is 3.46. The van der Waals surface area contributed by atoms with E-state index in [9.17, 15) is 0 Å². The average molecular weight is 262 g/mol. The number of rotatable bonds is 8. The lowest BCUT2D eigenvalue weighted by molar-refractivity contribution is 0.146. The molecule has 0 saturated carbocycles. The van der Waals surface area contributed by atoms with Crippen molar-refractivity contribution in [2.24, 2.45) is 0 Å². The maximum absolute atomic E-state index is 5.88. The molecule has 0 aliphatic carbocycles. The number of benzene rings is 1. The zero-order valence-corrected chi connectivity index (χ0v) is 10.7. The topological polar surface area (TPSA) is 21.3 Å². The summed E-state index contributed by atoms with van der Waals surface area (Å²) in [7, 11) is 0. The first kappa shape index (κ1) is 13.8. The number of alkyl halides is 1. The third-order valence-electron chi connectivity index (χ3n) is 2.08. The first-order valence-corrected chi connectivity index (χ1v) is 6.33. The monoisotopic (exact) mass is 261 g/mol. The normalized spacial score (nSPS) is 10.6. The fourth-order valence-corrected chi connectivity index (χ4v) is 1.66. The highest BCUT2D eigenvalue weighted by atomic mass is 35.5. The van der Waals surface area contributed by atoms with Gasteiger partial charge in [0.05, 0.1) is 6.61 Å². The first-order valence-electron chi connectivity index (χ1n) is 5.42. The van der Waals surface area contributed by atoms with Gasteiger partial charge in [0, 0.05) is 24.1 Å². The van der Waals surface area contributed by atoms with Gasteiger partial charge in [0.1, 0.15) is 0 Å². The van der Waals surface area contributed by atoms with Gasteiger partial charge in [0.25, 0.3) is 0 Å². The van der Waals surface area contributed by atoms with Crippen LogP contribution in [0.1, 0.15) is 12.0 Å². The van der Waals surface area contributed by atoms with Crippen LogP contribution in [0, 0.1) is 0 Å². The molecule has 1 rings (SSSR count). The van der Waals surface area contributed by atoms with Crippen molar-refractivity contribution in [3.63, 3.8) is 0 Å². The molecule has 0 unspecified atom stereocenters. The second-order valence-corrected chi connectivity index (χ2v) is 4.28. The van der Waals surface area contributed by atoms with Gasteiger partial charge in [-0.25, -0.2) is 0 Å². The summed E-state index contributed by atoms with van der Waals surface area (Å²) in [6, 6.07) is 7.87. The zero-order valence-electron chi connectivity index (χ0n) is 9.22. The molecule has 0 heterocycles. The van der Waals surface area contributed by atoms with E-state index in [0.717, 1.165) is 31.1 Å². The summed E-state index contributed by atoms with van der Waals surface area (Å²) in [5.41, 5.74) is 1.20. The lowest BCUT2D eigenvalue weighted by Crippen LogP contribution is -2.16. The largest absolute Gasteiger partial charge is 0.380 e. The smallest absolute Gasteiger partial charge is 0.0601 e. The van der Waals surface area contributed by atoms with Crippen LogP contribution in [-0.2, 0) is 11.3 Å².